The lowest BCUT2D eigenvalue weighted by atomic mass is 10.0. The minimum absolute atomic E-state index is 0.231. The van der Waals surface area contributed by atoms with Gasteiger partial charge in [0, 0.05) is 28.9 Å². The Morgan fingerprint density at radius 2 is 1.74 bits per heavy atom. The predicted molar refractivity (Wildman–Crippen MR) is 138 cm³/mol. The lowest BCUT2D eigenvalue weighted by Gasteiger charge is -2.11. The molecule has 7 heteroatoms. The third kappa shape index (κ3) is 6.08. The van der Waals surface area contributed by atoms with E-state index in [1.54, 1.807) is 18.2 Å². The van der Waals surface area contributed by atoms with Gasteiger partial charge in [-0.2, -0.15) is 5.10 Å². The number of amides is 1. The number of rotatable bonds is 7. The molecule has 4 rings (SSSR count). The summed E-state index contributed by atoms with van der Waals surface area (Å²) < 4.78 is 5.81. The van der Waals surface area contributed by atoms with Crippen molar-refractivity contribution in [3.05, 3.63) is 113 Å². The summed E-state index contributed by atoms with van der Waals surface area (Å²) in [5.74, 6) is 0.319. The van der Waals surface area contributed by atoms with Crippen LogP contribution in [0.2, 0.25) is 0 Å². The Hall–Kier alpha value is -3.97. The average molecular weight is 471 g/mol. The zero-order valence-electron chi connectivity index (χ0n) is 19.1. The maximum absolute atomic E-state index is 12.7. The van der Waals surface area contributed by atoms with Crippen LogP contribution in [-0.2, 0) is 13.0 Å². The third-order valence-corrected chi connectivity index (χ3v) is 5.65. The number of benzene rings is 3. The second-order valence-electron chi connectivity index (χ2n) is 8.00. The molecule has 0 saturated carbocycles. The van der Waals surface area contributed by atoms with E-state index in [2.05, 4.69) is 20.8 Å². The molecule has 1 heterocycles. The van der Waals surface area contributed by atoms with Crippen LogP contribution in [0.25, 0.3) is 0 Å². The molecule has 0 saturated heterocycles. The van der Waals surface area contributed by atoms with Gasteiger partial charge in [-0.1, -0.05) is 48.5 Å². The van der Waals surface area contributed by atoms with Crippen LogP contribution in [0.3, 0.4) is 0 Å². The summed E-state index contributed by atoms with van der Waals surface area (Å²) in [6, 6.07) is 24.9. The van der Waals surface area contributed by atoms with Crippen molar-refractivity contribution in [1.29, 1.82) is 0 Å². The molecule has 172 valence electrons. The van der Waals surface area contributed by atoms with Crippen molar-refractivity contribution >= 4 is 28.9 Å². The number of ether oxygens (including phenoxy) is 1. The molecule has 0 aliphatic carbocycles. The van der Waals surface area contributed by atoms with Crippen LogP contribution in [0.4, 0.5) is 5.69 Å². The third-order valence-electron chi connectivity index (χ3n) is 5.45. The Labute approximate surface area is 204 Å². The van der Waals surface area contributed by atoms with Crippen LogP contribution in [0, 0.1) is 13.8 Å². The molecule has 1 amide bonds. The maximum Gasteiger partial charge on any atom is 0.257 e. The van der Waals surface area contributed by atoms with E-state index in [0.29, 0.717) is 17.9 Å². The van der Waals surface area contributed by atoms with Crippen molar-refractivity contribution in [1.82, 2.24) is 15.5 Å². The lowest BCUT2D eigenvalue weighted by molar-refractivity contribution is 0.0977. The number of carbonyl (C=O) groups excluding carboxylic acids is 1. The van der Waals surface area contributed by atoms with Crippen molar-refractivity contribution in [3.63, 3.8) is 0 Å². The molecule has 0 unspecified atom stereocenters. The van der Waals surface area contributed by atoms with Crippen LogP contribution in [-0.4, -0.2) is 21.2 Å². The van der Waals surface area contributed by atoms with Gasteiger partial charge in [0.15, 0.2) is 5.11 Å². The zero-order chi connectivity index (χ0) is 23.9. The monoisotopic (exact) mass is 470 g/mol. The summed E-state index contributed by atoms with van der Waals surface area (Å²) in [4.78, 5) is 12.7. The fourth-order valence-corrected chi connectivity index (χ4v) is 3.76. The van der Waals surface area contributed by atoms with Gasteiger partial charge in [-0.3, -0.25) is 15.2 Å². The fourth-order valence-electron chi connectivity index (χ4n) is 3.55. The minimum atomic E-state index is -0.301. The SMILES string of the molecule is Cc1n[nH]c(C)c1Cc1ccc(NC(=S)NC(=O)c2cccc(OCc3ccccc3)c2)cc1. The van der Waals surface area contributed by atoms with E-state index < -0.39 is 0 Å². The van der Waals surface area contributed by atoms with E-state index in [1.165, 1.54) is 11.1 Å². The van der Waals surface area contributed by atoms with Crippen LogP contribution < -0.4 is 15.4 Å². The molecular formula is C27H26N4O2S. The van der Waals surface area contributed by atoms with Crippen molar-refractivity contribution in [2.75, 3.05) is 5.32 Å². The number of nitrogens with one attached hydrogen (secondary N) is 3. The highest BCUT2D eigenvalue weighted by Gasteiger charge is 2.10. The molecule has 4 aromatic rings. The Balaban J connectivity index is 1.31. The summed E-state index contributed by atoms with van der Waals surface area (Å²) in [7, 11) is 0. The Morgan fingerprint density at radius 3 is 2.44 bits per heavy atom. The Bertz CT molecular complexity index is 1260. The van der Waals surface area contributed by atoms with Crippen LogP contribution in [0.5, 0.6) is 5.75 Å². The van der Waals surface area contributed by atoms with Gasteiger partial charge in [0.2, 0.25) is 0 Å². The summed E-state index contributed by atoms with van der Waals surface area (Å²) in [6.45, 7) is 4.46. The smallest absolute Gasteiger partial charge is 0.257 e. The molecule has 34 heavy (non-hydrogen) atoms. The van der Waals surface area contributed by atoms with E-state index in [-0.39, 0.29) is 11.0 Å². The molecule has 0 aliphatic heterocycles. The summed E-state index contributed by atoms with van der Waals surface area (Å²) >= 11 is 5.33. The number of hydrogen-bond donors (Lipinski definition) is 3. The summed E-state index contributed by atoms with van der Waals surface area (Å²) in [6.07, 6.45) is 0.804. The van der Waals surface area contributed by atoms with Gasteiger partial charge in [-0.05, 0) is 67.5 Å². The van der Waals surface area contributed by atoms with Crippen molar-refractivity contribution < 1.29 is 9.53 Å². The summed E-state index contributed by atoms with van der Waals surface area (Å²) in [5.41, 5.74) is 6.80. The highest BCUT2D eigenvalue weighted by atomic mass is 32.1. The molecule has 0 atom stereocenters. The molecular weight excluding hydrogens is 444 g/mol. The van der Waals surface area contributed by atoms with Crippen LogP contribution >= 0.6 is 12.2 Å². The van der Waals surface area contributed by atoms with Crippen LogP contribution in [0.1, 0.15) is 38.4 Å². The first-order valence-corrected chi connectivity index (χ1v) is 11.4. The highest BCUT2D eigenvalue weighted by Crippen LogP contribution is 2.18. The predicted octanol–water partition coefficient (Wildman–Crippen LogP) is 5.32. The maximum atomic E-state index is 12.7. The number of anilines is 1. The Kier molecular flexibility index (Phi) is 7.34. The first-order valence-electron chi connectivity index (χ1n) is 11.0. The van der Waals surface area contributed by atoms with Crippen molar-refractivity contribution in [2.24, 2.45) is 0 Å². The first-order chi connectivity index (χ1) is 16.5. The number of hydrogen-bond acceptors (Lipinski definition) is 4. The largest absolute Gasteiger partial charge is 0.489 e. The number of H-pyrrole nitrogens is 1. The number of thiocarbonyl (C=S) groups is 1. The lowest BCUT2D eigenvalue weighted by Crippen LogP contribution is -2.34. The summed E-state index contributed by atoms with van der Waals surface area (Å²) in [5, 5.41) is 13.3. The van der Waals surface area contributed by atoms with Crippen molar-refractivity contribution in [3.8, 4) is 5.75 Å². The van der Waals surface area contributed by atoms with E-state index in [4.69, 9.17) is 17.0 Å². The molecule has 3 aromatic carbocycles. The number of carbonyl (C=O) groups is 1. The molecule has 0 fully saturated rings. The number of nitrogens with zero attached hydrogens (tertiary/aromatic N) is 1. The zero-order valence-corrected chi connectivity index (χ0v) is 19.9. The van der Waals surface area contributed by atoms with Gasteiger partial charge in [0.05, 0.1) is 5.69 Å². The first kappa shape index (κ1) is 23.2. The number of aromatic nitrogens is 2. The van der Waals surface area contributed by atoms with E-state index in [0.717, 1.165) is 29.1 Å². The Morgan fingerprint density at radius 1 is 0.971 bits per heavy atom. The van der Waals surface area contributed by atoms with E-state index in [9.17, 15) is 4.79 Å². The van der Waals surface area contributed by atoms with Gasteiger partial charge in [0.1, 0.15) is 12.4 Å². The van der Waals surface area contributed by atoms with E-state index in [1.807, 2.05) is 74.5 Å². The van der Waals surface area contributed by atoms with Crippen molar-refractivity contribution in [2.45, 2.75) is 26.9 Å². The number of aryl methyl sites for hydroxylation is 2. The second kappa shape index (κ2) is 10.8. The topological polar surface area (TPSA) is 79.0 Å². The molecule has 1 aromatic heterocycles. The van der Waals surface area contributed by atoms with Crippen LogP contribution in [0.15, 0.2) is 78.9 Å². The minimum Gasteiger partial charge on any atom is -0.489 e. The molecule has 0 spiro atoms. The quantitative estimate of drug-likeness (QED) is 0.319. The molecule has 0 radical (unpaired) electrons. The highest BCUT2D eigenvalue weighted by molar-refractivity contribution is 7.80. The molecule has 3 N–H and O–H groups in total. The van der Waals surface area contributed by atoms with Gasteiger partial charge in [-0.15, -0.1) is 0 Å². The van der Waals surface area contributed by atoms with Gasteiger partial charge < -0.3 is 10.1 Å². The molecule has 0 aliphatic rings. The fraction of sp³-hybridized carbons (Fsp3) is 0.148. The second-order valence-corrected chi connectivity index (χ2v) is 8.40. The van der Waals surface area contributed by atoms with E-state index >= 15 is 0 Å². The van der Waals surface area contributed by atoms with Gasteiger partial charge in [0.25, 0.3) is 5.91 Å². The standard InChI is InChI=1S/C27H26N4O2S/c1-18-25(19(2)31-30-18)15-20-11-13-23(14-12-20)28-27(34)29-26(32)22-9-6-10-24(16-22)33-17-21-7-4-3-5-8-21/h3-14,16H,15,17H2,1-2H3,(H,30,31)(H2,28,29,32,34). The molecule has 6 nitrogen and oxygen atoms in total. The number of aromatic amines is 1. The van der Waals surface area contributed by atoms with Gasteiger partial charge in [-0.25, -0.2) is 0 Å². The van der Waals surface area contributed by atoms with Gasteiger partial charge >= 0.3 is 0 Å². The normalized spacial score (nSPS) is 10.5. The molecule has 0 bridgehead atoms. The average Bonchev–Trinajstić information content (AvgIpc) is 3.17.